The summed E-state index contributed by atoms with van der Waals surface area (Å²) < 4.78 is 45.7. The molecule has 6 N–H and O–H groups in total. The van der Waals surface area contributed by atoms with Crippen molar-refractivity contribution in [3.05, 3.63) is 60.0 Å². The molecule has 29 heavy (non-hydrogen) atoms. The minimum absolute atomic E-state index is 0.000414. The number of alkyl halides is 3. The first-order valence-corrected chi connectivity index (χ1v) is 8.66. The number of halogens is 3. The predicted octanol–water partition coefficient (Wildman–Crippen LogP) is 2.96. The first-order valence-electron chi connectivity index (χ1n) is 8.66. The number of esters is 1. The van der Waals surface area contributed by atoms with Gasteiger partial charge in [0.25, 0.3) is 0 Å². The van der Waals surface area contributed by atoms with Gasteiger partial charge in [-0.2, -0.15) is 0 Å². The van der Waals surface area contributed by atoms with Crippen LogP contribution < -0.4 is 27.1 Å². The van der Waals surface area contributed by atoms with E-state index in [4.69, 9.17) is 16.3 Å². The summed E-state index contributed by atoms with van der Waals surface area (Å²) in [6.45, 7) is 0. The first-order chi connectivity index (χ1) is 13.7. The largest absolute Gasteiger partial charge is 0.573 e. The Morgan fingerprint density at radius 2 is 1.55 bits per heavy atom. The summed E-state index contributed by atoms with van der Waals surface area (Å²) in [5, 5.41) is 2.85. The van der Waals surface area contributed by atoms with Gasteiger partial charge in [0, 0.05) is 5.69 Å². The van der Waals surface area contributed by atoms with Crippen molar-refractivity contribution in [3.63, 3.8) is 0 Å². The predicted molar refractivity (Wildman–Crippen MR) is 99.8 cm³/mol. The highest BCUT2D eigenvalue weighted by molar-refractivity contribution is 5.89. The number of carbonyl (C=O) groups excluding carboxylic acids is 1. The minimum Gasteiger partial charge on any atom is -0.458 e. The SMILES string of the molecule is NN/C(C(=O)OC1CC1)=C(\N)Nc1ccc(-c2ccc(OC(F)(F)F)cc2)cc1. The molecular weight excluding hydrogens is 389 g/mol. The van der Waals surface area contributed by atoms with E-state index in [1.165, 1.54) is 24.3 Å². The van der Waals surface area contributed by atoms with Crippen LogP contribution in [-0.4, -0.2) is 18.4 Å². The number of hydrogen-bond acceptors (Lipinski definition) is 7. The third-order valence-corrected chi connectivity index (χ3v) is 4.00. The van der Waals surface area contributed by atoms with Gasteiger partial charge in [-0.3, -0.25) is 5.84 Å². The maximum Gasteiger partial charge on any atom is 0.573 e. The standard InChI is InChI=1S/C19H19F3N4O3/c20-19(21,22)29-15-7-3-12(4-8-15)11-1-5-13(6-2-11)25-17(23)16(26-24)18(27)28-14-9-10-14/h1-8,14,25-26H,9-10,23-24H2/b17-16+. The van der Waals surface area contributed by atoms with E-state index >= 15 is 0 Å². The fourth-order valence-electron chi connectivity index (χ4n) is 2.46. The zero-order valence-corrected chi connectivity index (χ0v) is 15.1. The Morgan fingerprint density at radius 1 is 1.00 bits per heavy atom. The van der Waals surface area contributed by atoms with Crippen LogP contribution in [0, 0.1) is 0 Å². The summed E-state index contributed by atoms with van der Waals surface area (Å²) in [5.41, 5.74) is 10.1. The van der Waals surface area contributed by atoms with Crippen molar-refractivity contribution in [2.24, 2.45) is 11.6 Å². The number of anilines is 1. The van der Waals surface area contributed by atoms with Gasteiger partial charge in [0.05, 0.1) is 0 Å². The molecule has 0 heterocycles. The van der Waals surface area contributed by atoms with Crippen LogP contribution in [0.5, 0.6) is 5.75 Å². The van der Waals surface area contributed by atoms with E-state index in [0.717, 1.165) is 18.4 Å². The van der Waals surface area contributed by atoms with Crippen LogP contribution >= 0.6 is 0 Å². The normalized spacial score (nSPS) is 14.6. The second-order valence-corrected chi connectivity index (χ2v) is 6.31. The van der Waals surface area contributed by atoms with Gasteiger partial charge in [0.1, 0.15) is 17.7 Å². The van der Waals surface area contributed by atoms with E-state index in [0.29, 0.717) is 11.3 Å². The third-order valence-electron chi connectivity index (χ3n) is 4.00. The van der Waals surface area contributed by atoms with Crippen LogP contribution in [0.2, 0.25) is 0 Å². The molecule has 0 bridgehead atoms. The Labute approximate surface area is 164 Å². The molecule has 0 radical (unpaired) electrons. The summed E-state index contributed by atoms with van der Waals surface area (Å²) in [4.78, 5) is 12.0. The molecule has 154 valence electrons. The van der Waals surface area contributed by atoms with E-state index in [2.05, 4.69) is 15.5 Å². The molecule has 0 aromatic heterocycles. The second-order valence-electron chi connectivity index (χ2n) is 6.31. The number of ether oxygens (including phenoxy) is 2. The van der Waals surface area contributed by atoms with Gasteiger partial charge in [-0.25, -0.2) is 4.79 Å². The van der Waals surface area contributed by atoms with Crippen LogP contribution in [-0.2, 0) is 9.53 Å². The van der Waals surface area contributed by atoms with Crippen molar-refractivity contribution < 1.29 is 27.4 Å². The molecular formula is C19H19F3N4O3. The highest BCUT2D eigenvalue weighted by Gasteiger charge is 2.31. The molecule has 0 atom stereocenters. The van der Waals surface area contributed by atoms with E-state index in [1.54, 1.807) is 24.3 Å². The topological polar surface area (TPSA) is 112 Å². The Hall–Kier alpha value is -3.40. The molecule has 0 aliphatic heterocycles. The number of benzene rings is 2. The van der Waals surface area contributed by atoms with Crippen molar-refractivity contribution in [1.82, 2.24) is 5.43 Å². The molecule has 1 aliphatic rings. The van der Waals surface area contributed by atoms with Gasteiger partial charge in [-0.15, -0.1) is 13.2 Å². The summed E-state index contributed by atoms with van der Waals surface area (Å²) in [7, 11) is 0. The molecule has 0 amide bonds. The number of hydrazine groups is 1. The summed E-state index contributed by atoms with van der Waals surface area (Å²) in [5.74, 6) is 4.43. The molecule has 2 aromatic carbocycles. The molecule has 7 nitrogen and oxygen atoms in total. The van der Waals surface area contributed by atoms with Gasteiger partial charge in [-0.05, 0) is 48.2 Å². The van der Waals surface area contributed by atoms with E-state index in [9.17, 15) is 18.0 Å². The van der Waals surface area contributed by atoms with Gasteiger partial charge in [0.2, 0.25) is 0 Å². The van der Waals surface area contributed by atoms with Crippen molar-refractivity contribution in [2.75, 3.05) is 5.32 Å². The lowest BCUT2D eigenvalue weighted by atomic mass is 10.1. The molecule has 0 unspecified atom stereocenters. The highest BCUT2D eigenvalue weighted by atomic mass is 19.4. The number of nitrogens with one attached hydrogen (secondary N) is 2. The average molecular weight is 408 g/mol. The molecule has 0 saturated heterocycles. The highest BCUT2D eigenvalue weighted by Crippen LogP contribution is 2.27. The molecule has 2 aromatic rings. The maximum atomic E-state index is 12.2. The third kappa shape index (κ3) is 5.79. The monoisotopic (exact) mass is 408 g/mol. The van der Waals surface area contributed by atoms with Gasteiger partial charge in [0.15, 0.2) is 5.70 Å². The lowest BCUT2D eigenvalue weighted by Gasteiger charge is -2.13. The van der Waals surface area contributed by atoms with Crippen molar-refractivity contribution in [1.29, 1.82) is 0 Å². The molecule has 1 saturated carbocycles. The second kappa shape index (κ2) is 8.31. The summed E-state index contributed by atoms with van der Waals surface area (Å²) in [6, 6.07) is 12.4. The van der Waals surface area contributed by atoms with Crippen molar-refractivity contribution >= 4 is 11.7 Å². The van der Waals surface area contributed by atoms with Crippen molar-refractivity contribution in [2.45, 2.75) is 25.3 Å². The molecule has 10 heteroatoms. The van der Waals surface area contributed by atoms with Crippen LogP contribution in [0.1, 0.15) is 12.8 Å². The van der Waals surface area contributed by atoms with E-state index in [-0.39, 0.29) is 23.4 Å². The molecule has 1 aliphatic carbocycles. The van der Waals surface area contributed by atoms with Gasteiger partial charge in [-0.1, -0.05) is 24.3 Å². The number of rotatable bonds is 7. The quantitative estimate of drug-likeness (QED) is 0.241. The Bertz CT molecular complexity index is 892. The van der Waals surface area contributed by atoms with Crippen LogP contribution in [0.3, 0.4) is 0 Å². The Balaban J connectivity index is 1.67. The van der Waals surface area contributed by atoms with Crippen molar-refractivity contribution in [3.8, 4) is 16.9 Å². The lowest BCUT2D eigenvalue weighted by molar-refractivity contribution is -0.274. The Morgan fingerprint density at radius 3 is 2.03 bits per heavy atom. The fraction of sp³-hybridized carbons (Fsp3) is 0.211. The zero-order chi connectivity index (χ0) is 21.0. The minimum atomic E-state index is -4.73. The van der Waals surface area contributed by atoms with Gasteiger partial charge >= 0.3 is 12.3 Å². The van der Waals surface area contributed by atoms with Gasteiger partial charge < -0.3 is 25.9 Å². The smallest absolute Gasteiger partial charge is 0.458 e. The summed E-state index contributed by atoms with van der Waals surface area (Å²) >= 11 is 0. The van der Waals surface area contributed by atoms with Crippen LogP contribution in [0.15, 0.2) is 60.0 Å². The summed E-state index contributed by atoms with van der Waals surface area (Å²) in [6.07, 6.45) is -3.18. The Kier molecular flexibility index (Phi) is 5.83. The van der Waals surface area contributed by atoms with Crippen LogP contribution in [0.25, 0.3) is 11.1 Å². The zero-order valence-electron chi connectivity index (χ0n) is 15.1. The number of carbonyl (C=O) groups is 1. The van der Waals surface area contributed by atoms with Crippen LogP contribution in [0.4, 0.5) is 18.9 Å². The number of hydrogen-bond donors (Lipinski definition) is 4. The molecule has 3 rings (SSSR count). The average Bonchev–Trinajstić information content (AvgIpc) is 3.46. The van der Waals surface area contributed by atoms with E-state index in [1.807, 2.05) is 0 Å². The lowest BCUT2D eigenvalue weighted by Crippen LogP contribution is -2.33. The fourth-order valence-corrected chi connectivity index (χ4v) is 2.46. The first kappa shape index (κ1) is 20.3. The number of nitrogens with two attached hydrogens (primary N) is 2. The maximum absolute atomic E-state index is 12.2. The molecule has 0 spiro atoms. The van der Waals surface area contributed by atoms with E-state index < -0.39 is 12.3 Å². The molecule has 1 fully saturated rings.